The minimum absolute atomic E-state index is 0.367. The zero-order valence-corrected chi connectivity index (χ0v) is 8.39. The Morgan fingerprint density at radius 2 is 2.31 bits per heavy atom. The van der Waals surface area contributed by atoms with E-state index in [1.807, 2.05) is 11.7 Å². The van der Waals surface area contributed by atoms with Crippen molar-refractivity contribution in [1.82, 2.24) is 5.43 Å². The summed E-state index contributed by atoms with van der Waals surface area (Å²) in [5.74, 6) is 4.55. The van der Waals surface area contributed by atoms with E-state index in [2.05, 4.69) is 16.7 Å². The standard InChI is InChI=1S/C7H12N4OS/c1-5(6(12)11-8)4-10-7(9-2)13-3/h4H,2,8H2,1,3H3,(H,11,12)/b5-4+,10-7?. The number of aliphatic imine (C=N–C) groups is 2. The maximum Gasteiger partial charge on any atom is 0.262 e. The molecule has 0 aliphatic rings. The molecule has 0 rings (SSSR count). The molecule has 72 valence electrons. The van der Waals surface area contributed by atoms with Crippen LogP contribution < -0.4 is 11.3 Å². The highest BCUT2D eigenvalue weighted by molar-refractivity contribution is 8.13. The molecule has 0 radical (unpaired) electrons. The Bertz CT molecular complexity index is 259. The molecule has 0 heterocycles. The second kappa shape index (κ2) is 6.38. The SMILES string of the molecule is C=NC(=N/C=C(\C)C(=O)NN)SC. The van der Waals surface area contributed by atoms with Gasteiger partial charge in [0.15, 0.2) is 5.17 Å². The maximum absolute atomic E-state index is 10.9. The average molecular weight is 200 g/mol. The Labute approximate surface area is 81.2 Å². The second-order valence-electron chi connectivity index (χ2n) is 2.06. The number of nitrogens with two attached hydrogens (primary N) is 1. The fourth-order valence-corrected chi connectivity index (χ4v) is 0.770. The predicted octanol–water partition coefficient (Wildman–Crippen LogP) is 0.300. The van der Waals surface area contributed by atoms with Gasteiger partial charge in [0.1, 0.15) is 0 Å². The van der Waals surface area contributed by atoms with Crippen molar-refractivity contribution in [2.24, 2.45) is 15.8 Å². The number of nitrogens with zero attached hydrogens (tertiary/aromatic N) is 2. The van der Waals surface area contributed by atoms with E-state index in [0.717, 1.165) is 0 Å². The van der Waals surface area contributed by atoms with Gasteiger partial charge < -0.3 is 0 Å². The number of amidine groups is 1. The van der Waals surface area contributed by atoms with Crippen LogP contribution >= 0.6 is 11.8 Å². The quantitative estimate of drug-likeness (QED) is 0.168. The number of amides is 1. The van der Waals surface area contributed by atoms with Gasteiger partial charge in [-0.15, -0.1) is 0 Å². The molecule has 5 nitrogen and oxygen atoms in total. The Hall–Kier alpha value is -1.14. The van der Waals surface area contributed by atoms with Gasteiger partial charge in [0.25, 0.3) is 5.91 Å². The van der Waals surface area contributed by atoms with E-state index in [1.54, 1.807) is 6.92 Å². The first-order valence-corrected chi connectivity index (χ1v) is 4.64. The van der Waals surface area contributed by atoms with Crippen LogP contribution in [0.25, 0.3) is 0 Å². The molecule has 6 heteroatoms. The van der Waals surface area contributed by atoms with Crippen LogP contribution in [0.1, 0.15) is 6.92 Å². The third-order valence-electron chi connectivity index (χ3n) is 1.18. The third-order valence-corrected chi connectivity index (χ3v) is 1.78. The molecule has 0 aliphatic heterocycles. The average Bonchev–Trinajstić information content (AvgIpc) is 2.17. The molecule has 0 spiro atoms. The first-order chi connectivity index (χ1) is 6.15. The summed E-state index contributed by atoms with van der Waals surface area (Å²) in [7, 11) is 0. The van der Waals surface area contributed by atoms with Crippen LogP contribution in [-0.2, 0) is 4.79 Å². The molecular formula is C7H12N4OS. The Morgan fingerprint density at radius 3 is 2.69 bits per heavy atom. The van der Waals surface area contributed by atoms with Gasteiger partial charge in [-0.3, -0.25) is 10.2 Å². The molecule has 0 fully saturated rings. The highest BCUT2D eigenvalue weighted by atomic mass is 32.2. The fraction of sp³-hybridized carbons (Fsp3) is 0.286. The Kier molecular flexibility index (Phi) is 5.82. The van der Waals surface area contributed by atoms with Gasteiger partial charge in [-0.2, -0.15) is 0 Å². The predicted molar refractivity (Wildman–Crippen MR) is 56.6 cm³/mol. The van der Waals surface area contributed by atoms with Crippen molar-refractivity contribution in [3.05, 3.63) is 11.8 Å². The van der Waals surface area contributed by atoms with Crippen LogP contribution in [0.4, 0.5) is 0 Å². The first kappa shape index (κ1) is 11.9. The van der Waals surface area contributed by atoms with Crippen LogP contribution in [0.5, 0.6) is 0 Å². The molecule has 0 unspecified atom stereocenters. The minimum atomic E-state index is -0.367. The summed E-state index contributed by atoms with van der Waals surface area (Å²) < 4.78 is 0. The van der Waals surface area contributed by atoms with Gasteiger partial charge in [-0.25, -0.2) is 15.8 Å². The summed E-state index contributed by atoms with van der Waals surface area (Å²) in [6.07, 6.45) is 3.21. The van der Waals surface area contributed by atoms with Gasteiger partial charge in [0.2, 0.25) is 0 Å². The highest BCUT2D eigenvalue weighted by Crippen LogP contribution is 2.01. The second-order valence-corrected chi connectivity index (χ2v) is 2.83. The summed E-state index contributed by atoms with van der Waals surface area (Å²) in [4.78, 5) is 18.4. The van der Waals surface area contributed by atoms with Gasteiger partial charge >= 0.3 is 0 Å². The lowest BCUT2D eigenvalue weighted by Gasteiger charge is -1.96. The number of thioether (sulfide) groups is 1. The lowest BCUT2D eigenvalue weighted by Crippen LogP contribution is -2.30. The number of hydrazine groups is 1. The van der Waals surface area contributed by atoms with Crippen molar-refractivity contribution in [2.75, 3.05) is 6.26 Å². The minimum Gasteiger partial charge on any atom is -0.290 e. The van der Waals surface area contributed by atoms with Gasteiger partial charge in [0, 0.05) is 11.8 Å². The molecule has 0 aromatic rings. The Balaban J connectivity index is 4.47. The van der Waals surface area contributed by atoms with E-state index < -0.39 is 0 Å². The van der Waals surface area contributed by atoms with E-state index in [9.17, 15) is 4.79 Å². The molecule has 3 N–H and O–H groups in total. The number of rotatable bonds is 2. The summed E-state index contributed by atoms with van der Waals surface area (Å²) in [6.45, 7) is 4.92. The lowest BCUT2D eigenvalue weighted by atomic mass is 10.3. The number of carbonyl (C=O) groups is 1. The monoisotopic (exact) mass is 200 g/mol. The van der Waals surface area contributed by atoms with Gasteiger partial charge in [-0.1, -0.05) is 11.8 Å². The largest absolute Gasteiger partial charge is 0.290 e. The van der Waals surface area contributed by atoms with Gasteiger partial charge in [0.05, 0.1) is 0 Å². The summed E-state index contributed by atoms with van der Waals surface area (Å²) in [5, 5.41) is 0.504. The number of hydrogen-bond acceptors (Lipinski definition) is 4. The van der Waals surface area contributed by atoms with Crippen LogP contribution in [0.2, 0.25) is 0 Å². The number of hydrogen-bond donors (Lipinski definition) is 2. The van der Waals surface area contributed by atoms with E-state index in [4.69, 9.17) is 5.84 Å². The summed E-state index contributed by atoms with van der Waals surface area (Å²) >= 11 is 1.34. The highest BCUT2D eigenvalue weighted by Gasteiger charge is 1.99. The smallest absolute Gasteiger partial charge is 0.262 e. The van der Waals surface area contributed by atoms with Crippen LogP contribution in [-0.4, -0.2) is 24.0 Å². The molecular weight excluding hydrogens is 188 g/mol. The molecule has 0 bridgehead atoms. The molecule has 13 heavy (non-hydrogen) atoms. The molecule has 0 saturated heterocycles. The third kappa shape index (κ3) is 4.44. The summed E-state index contributed by atoms with van der Waals surface area (Å²) in [5.41, 5.74) is 2.41. The maximum atomic E-state index is 10.9. The van der Waals surface area contributed by atoms with Crippen molar-refractivity contribution in [3.63, 3.8) is 0 Å². The number of carbonyl (C=O) groups excluding carboxylic acids is 1. The number of nitrogens with one attached hydrogen (secondary N) is 1. The Morgan fingerprint density at radius 1 is 1.69 bits per heavy atom. The zero-order chi connectivity index (χ0) is 10.3. The van der Waals surface area contributed by atoms with Crippen molar-refractivity contribution in [3.8, 4) is 0 Å². The molecule has 0 aromatic heterocycles. The molecule has 0 aromatic carbocycles. The van der Waals surface area contributed by atoms with E-state index in [-0.39, 0.29) is 5.91 Å². The molecule has 0 atom stereocenters. The molecule has 1 amide bonds. The topological polar surface area (TPSA) is 79.8 Å². The molecule has 0 saturated carbocycles. The lowest BCUT2D eigenvalue weighted by molar-refractivity contribution is -0.117. The first-order valence-electron chi connectivity index (χ1n) is 3.42. The van der Waals surface area contributed by atoms with Crippen molar-refractivity contribution in [2.45, 2.75) is 6.92 Å². The van der Waals surface area contributed by atoms with E-state index >= 15 is 0 Å². The zero-order valence-electron chi connectivity index (χ0n) is 7.57. The van der Waals surface area contributed by atoms with Gasteiger partial charge in [-0.05, 0) is 19.9 Å². The van der Waals surface area contributed by atoms with Crippen LogP contribution in [0.15, 0.2) is 21.8 Å². The normalized spacial score (nSPS) is 12.5. The molecule has 0 aliphatic carbocycles. The van der Waals surface area contributed by atoms with Crippen molar-refractivity contribution in [1.29, 1.82) is 0 Å². The van der Waals surface area contributed by atoms with Crippen LogP contribution in [0.3, 0.4) is 0 Å². The summed E-state index contributed by atoms with van der Waals surface area (Å²) in [6, 6.07) is 0. The fourth-order valence-electron chi connectivity index (χ4n) is 0.483. The van der Waals surface area contributed by atoms with Crippen LogP contribution in [0, 0.1) is 0 Å². The van der Waals surface area contributed by atoms with E-state index in [1.165, 1.54) is 18.0 Å². The van der Waals surface area contributed by atoms with Crippen molar-refractivity contribution >= 4 is 29.6 Å². The van der Waals surface area contributed by atoms with E-state index in [0.29, 0.717) is 10.7 Å². The van der Waals surface area contributed by atoms with Crippen molar-refractivity contribution < 1.29 is 4.79 Å².